The fourth-order valence-corrected chi connectivity index (χ4v) is 4.15. The maximum Gasteiger partial charge on any atom is 0.261 e. The van der Waals surface area contributed by atoms with E-state index in [4.69, 9.17) is 16.3 Å². The lowest BCUT2D eigenvalue weighted by molar-refractivity contribution is 0.205. The van der Waals surface area contributed by atoms with E-state index in [1.807, 2.05) is 18.2 Å². The Morgan fingerprint density at radius 3 is 2.68 bits per heavy atom. The van der Waals surface area contributed by atoms with Crippen LogP contribution in [-0.2, 0) is 21.2 Å². The molecule has 1 N–H and O–H groups in total. The summed E-state index contributed by atoms with van der Waals surface area (Å²) in [5.74, 6) is 0. The average Bonchev–Trinajstić information content (AvgIpc) is 2.60. The number of hydrogen-bond acceptors (Lipinski definition) is 4. The van der Waals surface area contributed by atoms with Crippen LogP contribution in [0.1, 0.15) is 12.0 Å². The highest BCUT2D eigenvalue weighted by Crippen LogP contribution is 2.30. The summed E-state index contributed by atoms with van der Waals surface area (Å²) in [7, 11) is -1.96. The van der Waals surface area contributed by atoms with Gasteiger partial charge in [0.05, 0.1) is 17.2 Å². The molecule has 0 bridgehead atoms. The predicted octanol–water partition coefficient (Wildman–Crippen LogP) is 3.54. The topological polar surface area (TPSA) is 58.6 Å². The van der Waals surface area contributed by atoms with Crippen LogP contribution in [0.25, 0.3) is 0 Å². The molecular formula is C18H21ClN2O3S. The molecule has 0 atom stereocenters. The minimum atomic E-state index is -3.64. The summed E-state index contributed by atoms with van der Waals surface area (Å²) in [5.41, 5.74) is 2.86. The van der Waals surface area contributed by atoms with E-state index in [9.17, 15) is 8.42 Å². The monoisotopic (exact) mass is 380 g/mol. The summed E-state index contributed by atoms with van der Waals surface area (Å²) in [6.45, 7) is 2.38. The van der Waals surface area contributed by atoms with E-state index < -0.39 is 10.0 Å². The van der Waals surface area contributed by atoms with Crippen LogP contribution in [0.5, 0.6) is 0 Å². The molecule has 2 aromatic rings. The van der Waals surface area contributed by atoms with E-state index in [-0.39, 0.29) is 4.90 Å². The third-order valence-corrected chi connectivity index (χ3v) is 5.89. The zero-order valence-corrected chi connectivity index (χ0v) is 15.6. The van der Waals surface area contributed by atoms with Crippen LogP contribution in [-0.4, -0.2) is 35.2 Å². The van der Waals surface area contributed by atoms with Gasteiger partial charge in [0, 0.05) is 30.9 Å². The first-order valence-corrected chi connectivity index (χ1v) is 10.0. The van der Waals surface area contributed by atoms with Gasteiger partial charge in [0.2, 0.25) is 0 Å². The number of benzene rings is 2. The molecule has 0 aliphatic carbocycles. The van der Waals surface area contributed by atoms with Crippen LogP contribution in [0.15, 0.2) is 47.4 Å². The Bertz CT molecular complexity index is 838. The number of methoxy groups -OCH3 is 1. The van der Waals surface area contributed by atoms with Crippen molar-refractivity contribution in [1.29, 1.82) is 0 Å². The molecule has 7 heteroatoms. The summed E-state index contributed by atoms with van der Waals surface area (Å²) in [6.07, 6.45) is 2.09. The Balaban J connectivity index is 1.85. The Morgan fingerprint density at radius 1 is 1.20 bits per heavy atom. The molecule has 0 radical (unpaired) electrons. The predicted molar refractivity (Wildman–Crippen MR) is 101 cm³/mol. The van der Waals surface area contributed by atoms with Gasteiger partial charge in [-0.15, -0.1) is 0 Å². The number of rotatable bonds is 6. The van der Waals surface area contributed by atoms with Gasteiger partial charge < -0.3 is 9.64 Å². The Labute approximate surface area is 153 Å². The van der Waals surface area contributed by atoms with E-state index in [1.165, 1.54) is 17.7 Å². The highest BCUT2D eigenvalue weighted by atomic mass is 35.5. The minimum absolute atomic E-state index is 0.186. The van der Waals surface area contributed by atoms with Crippen LogP contribution >= 0.6 is 11.6 Å². The van der Waals surface area contributed by atoms with Gasteiger partial charge in [-0.3, -0.25) is 4.72 Å². The van der Waals surface area contributed by atoms with Crippen LogP contribution in [0, 0.1) is 0 Å². The fraction of sp³-hybridized carbons (Fsp3) is 0.333. The highest BCUT2D eigenvalue weighted by Gasteiger charge is 2.19. The molecule has 25 heavy (non-hydrogen) atoms. The van der Waals surface area contributed by atoms with Crippen molar-refractivity contribution < 1.29 is 13.2 Å². The Hall–Kier alpha value is -1.76. The maximum atomic E-state index is 12.5. The van der Waals surface area contributed by atoms with E-state index >= 15 is 0 Å². The number of halogens is 1. The normalized spacial score (nSPS) is 14.2. The number of ether oxygens (including phenoxy) is 1. The summed E-state index contributed by atoms with van der Waals surface area (Å²) in [6, 6.07) is 11.8. The molecule has 0 saturated carbocycles. The Kier molecular flexibility index (Phi) is 5.51. The first-order chi connectivity index (χ1) is 12.0. The third-order valence-electron chi connectivity index (χ3n) is 4.24. The second-order valence-corrected chi connectivity index (χ2v) is 8.11. The summed E-state index contributed by atoms with van der Waals surface area (Å²) in [5, 5.41) is 0.501. The zero-order chi connectivity index (χ0) is 17.9. The zero-order valence-electron chi connectivity index (χ0n) is 14.0. The summed E-state index contributed by atoms with van der Waals surface area (Å²) >= 11 is 5.83. The minimum Gasteiger partial charge on any atom is -0.383 e. The number of sulfonamides is 1. The van der Waals surface area contributed by atoms with Gasteiger partial charge in [-0.1, -0.05) is 17.7 Å². The van der Waals surface area contributed by atoms with Gasteiger partial charge in [-0.25, -0.2) is 8.42 Å². The first-order valence-electron chi connectivity index (χ1n) is 8.15. The molecule has 0 saturated heterocycles. The number of nitrogens with zero attached hydrogens (tertiary/aromatic N) is 1. The molecule has 134 valence electrons. The quantitative estimate of drug-likeness (QED) is 0.832. The van der Waals surface area contributed by atoms with Crippen molar-refractivity contribution in [3.8, 4) is 0 Å². The molecular weight excluding hydrogens is 360 g/mol. The lowest BCUT2D eigenvalue weighted by Gasteiger charge is -2.31. The van der Waals surface area contributed by atoms with Gasteiger partial charge in [-0.05, 0) is 54.8 Å². The van der Waals surface area contributed by atoms with E-state index in [2.05, 4.69) is 9.62 Å². The van der Waals surface area contributed by atoms with Crippen molar-refractivity contribution in [2.45, 2.75) is 17.7 Å². The smallest absolute Gasteiger partial charge is 0.261 e. The number of aryl methyl sites for hydroxylation is 1. The third kappa shape index (κ3) is 4.26. The number of fused-ring (bicyclic) bond motifs is 1. The highest BCUT2D eigenvalue weighted by molar-refractivity contribution is 7.92. The van der Waals surface area contributed by atoms with Crippen molar-refractivity contribution in [3.63, 3.8) is 0 Å². The van der Waals surface area contributed by atoms with Crippen molar-refractivity contribution in [3.05, 3.63) is 53.1 Å². The second kappa shape index (κ2) is 7.64. The number of hydrogen-bond donors (Lipinski definition) is 1. The van der Waals surface area contributed by atoms with Crippen molar-refractivity contribution in [1.82, 2.24) is 0 Å². The molecule has 0 fully saturated rings. The van der Waals surface area contributed by atoms with E-state index in [0.717, 1.165) is 31.6 Å². The fourth-order valence-electron chi connectivity index (χ4n) is 2.98. The second-order valence-electron chi connectivity index (χ2n) is 5.99. The van der Waals surface area contributed by atoms with Crippen LogP contribution in [0.2, 0.25) is 5.02 Å². The molecule has 1 aliphatic rings. The SMILES string of the molecule is COCCN1CCCc2ccc(NS(=O)(=O)c3ccc(Cl)cc3)cc21. The summed E-state index contributed by atoms with van der Waals surface area (Å²) in [4.78, 5) is 2.42. The van der Waals surface area contributed by atoms with Crippen molar-refractivity contribution in [2.75, 3.05) is 36.4 Å². The number of nitrogens with one attached hydrogen (secondary N) is 1. The lowest BCUT2D eigenvalue weighted by Crippen LogP contribution is -2.32. The maximum absolute atomic E-state index is 12.5. The molecule has 0 unspecified atom stereocenters. The Morgan fingerprint density at radius 2 is 1.96 bits per heavy atom. The standard InChI is InChI=1S/C18H21ClN2O3S/c1-24-12-11-21-10-2-3-14-4-7-16(13-18(14)21)20-25(22,23)17-8-5-15(19)6-9-17/h4-9,13,20H,2-3,10-12H2,1H3. The van der Waals surface area contributed by atoms with Crippen LogP contribution in [0.3, 0.4) is 0 Å². The van der Waals surface area contributed by atoms with Crippen LogP contribution in [0.4, 0.5) is 11.4 Å². The van der Waals surface area contributed by atoms with E-state index in [0.29, 0.717) is 17.3 Å². The first kappa shape index (κ1) is 18.0. The lowest BCUT2D eigenvalue weighted by atomic mass is 10.0. The molecule has 2 aromatic carbocycles. The van der Waals surface area contributed by atoms with Crippen molar-refractivity contribution in [2.24, 2.45) is 0 Å². The molecule has 0 spiro atoms. The van der Waals surface area contributed by atoms with Crippen LogP contribution < -0.4 is 9.62 Å². The summed E-state index contributed by atoms with van der Waals surface area (Å²) < 4.78 is 32.9. The largest absolute Gasteiger partial charge is 0.383 e. The molecule has 0 aromatic heterocycles. The van der Waals surface area contributed by atoms with E-state index in [1.54, 1.807) is 19.2 Å². The molecule has 1 heterocycles. The van der Waals surface area contributed by atoms with Gasteiger partial charge in [0.25, 0.3) is 10.0 Å². The van der Waals surface area contributed by atoms with Gasteiger partial charge in [0.15, 0.2) is 0 Å². The molecule has 0 amide bonds. The molecule has 1 aliphatic heterocycles. The molecule has 5 nitrogen and oxygen atoms in total. The average molecular weight is 381 g/mol. The van der Waals surface area contributed by atoms with Crippen molar-refractivity contribution >= 4 is 33.0 Å². The number of anilines is 2. The van der Waals surface area contributed by atoms with Gasteiger partial charge >= 0.3 is 0 Å². The van der Waals surface area contributed by atoms with Gasteiger partial charge in [-0.2, -0.15) is 0 Å². The van der Waals surface area contributed by atoms with Gasteiger partial charge in [0.1, 0.15) is 0 Å². The molecule has 3 rings (SSSR count).